The SMILES string of the molecule is CNCc1ccc2c(c1)N(C(C)C(=O)O)C(=O)CO2. The van der Waals surface area contributed by atoms with Gasteiger partial charge in [0.1, 0.15) is 11.8 Å². The molecule has 0 aromatic heterocycles. The number of benzene rings is 1. The Morgan fingerprint density at radius 1 is 1.58 bits per heavy atom. The van der Waals surface area contributed by atoms with Crippen LogP contribution in [-0.4, -0.2) is 36.7 Å². The Labute approximate surface area is 111 Å². The lowest BCUT2D eigenvalue weighted by molar-refractivity contribution is -0.140. The summed E-state index contributed by atoms with van der Waals surface area (Å²) in [6, 6.07) is 4.51. The fraction of sp³-hybridized carbons (Fsp3) is 0.385. The number of rotatable bonds is 4. The van der Waals surface area contributed by atoms with Gasteiger partial charge in [0.2, 0.25) is 0 Å². The molecule has 1 aromatic rings. The maximum Gasteiger partial charge on any atom is 0.326 e. The van der Waals surface area contributed by atoms with Gasteiger partial charge in [0, 0.05) is 6.54 Å². The maximum absolute atomic E-state index is 11.9. The van der Waals surface area contributed by atoms with Gasteiger partial charge in [0.05, 0.1) is 5.69 Å². The molecule has 0 fully saturated rings. The largest absolute Gasteiger partial charge is 0.482 e. The third-order valence-corrected chi connectivity index (χ3v) is 3.03. The molecule has 1 amide bonds. The fourth-order valence-electron chi connectivity index (χ4n) is 2.07. The topological polar surface area (TPSA) is 78.9 Å². The van der Waals surface area contributed by atoms with Crippen molar-refractivity contribution >= 4 is 17.6 Å². The molecule has 2 N–H and O–H groups in total. The maximum atomic E-state index is 11.9. The number of hydrogen-bond donors (Lipinski definition) is 2. The molecule has 1 atom stereocenters. The molecule has 1 unspecified atom stereocenters. The van der Waals surface area contributed by atoms with E-state index in [2.05, 4.69) is 5.32 Å². The molecule has 1 aliphatic heterocycles. The van der Waals surface area contributed by atoms with Crippen molar-refractivity contribution in [1.82, 2.24) is 5.32 Å². The van der Waals surface area contributed by atoms with Crippen molar-refractivity contribution in [3.63, 3.8) is 0 Å². The summed E-state index contributed by atoms with van der Waals surface area (Å²) in [6.07, 6.45) is 0. The van der Waals surface area contributed by atoms with Crippen LogP contribution in [0, 0.1) is 0 Å². The van der Waals surface area contributed by atoms with Crippen molar-refractivity contribution in [3.05, 3.63) is 23.8 Å². The van der Waals surface area contributed by atoms with Crippen molar-refractivity contribution in [2.75, 3.05) is 18.6 Å². The number of hydrogen-bond acceptors (Lipinski definition) is 4. The van der Waals surface area contributed by atoms with Crippen molar-refractivity contribution < 1.29 is 19.4 Å². The van der Waals surface area contributed by atoms with Gasteiger partial charge in [-0.1, -0.05) is 6.07 Å². The van der Waals surface area contributed by atoms with Crippen LogP contribution in [0.25, 0.3) is 0 Å². The van der Waals surface area contributed by atoms with E-state index in [1.165, 1.54) is 11.8 Å². The Hall–Kier alpha value is -2.08. The smallest absolute Gasteiger partial charge is 0.326 e. The summed E-state index contributed by atoms with van der Waals surface area (Å²) in [7, 11) is 1.82. The van der Waals surface area contributed by atoms with Gasteiger partial charge in [-0.2, -0.15) is 0 Å². The molecule has 102 valence electrons. The molecule has 19 heavy (non-hydrogen) atoms. The summed E-state index contributed by atoms with van der Waals surface area (Å²) in [6.45, 7) is 1.99. The van der Waals surface area contributed by atoms with E-state index in [4.69, 9.17) is 9.84 Å². The second kappa shape index (κ2) is 5.27. The van der Waals surface area contributed by atoms with Crippen LogP contribution in [-0.2, 0) is 16.1 Å². The van der Waals surface area contributed by atoms with Gasteiger partial charge >= 0.3 is 5.97 Å². The summed E-state index contributed by atoms with van der Waals surface area (Å²) in [4.78, 5) is 24.3. The first-order chi connectivity index (χ1) is 9.04. The van der Waals surface area contributed by atoms with Crippen molar-refractivity contribution in [2.45, 2.75) is 19.5 Å². The first-order valence-electron chi connectivity index (χ1n) is 5.99. The second-order valence-corrected chi connectivity index (χ2v) is 4.40. The summed E-state index contributed by atoms with van der Waals surface area (Å²) >= 11 is 0. The Bertz CT molecular complexity index is 515. The van der Waals surface area contributed by atoms with Crippen LogP contribution in [0.15, 0.2) is 18.2 Å². The molecule has 0 radical (unpaired) electrons. The summed E-state index contributed by atoms with van der Waals surface area (Å²) in [5.41, 5.74) is 1.47. The number of carboxylic acid groups (broad SMARTS) is 1. The lowest BCUT2D eigenvalue weighted by Crippen LogP contribution is -2.48. The van der Waals surface area contributed by atoms with Crippen LogP contribution in [0.2, 0.25) is 0 Å². The van der Waals surface area contributed by atoms with E-state index in [0.29, 0.717) is 18.0 Å². The van der Waals surface area contributed by atoms with Crippen LogP contribution in [0.4, 0.5) is 5.69 Å². The minimum absolute atomic E-state index is 0.129. The highest BCUT2D eigenvalue weighted by Crippen LogP contribution is 2.34. The van der Waals surface area contributed by atoms with Gasteiger partial charge in [0.25, 0.3) is 5.91 Å². The molecule has 1 aromatic carbocycles. The number of carbonyl (C=O) groups excluding carboxylic acids is 1. The number of anilines is 1. The first-order valence-corrected chi connectivity index (χ1v) is 5.99. The molecule has 1 heterocycles. The Kier molecular flexibility index (Phi) is 3.71. The quantitative estimate of drug-likeness (QED) is 0.832. The van der Waals surface area contributed by atoms with Gasteiger partial charge in [-0.25, -0.2) is 4.79 Å². The third-order valence-electron chi connectivity index (χ3n) is 3.03. The zero-order valence-electron chi connectivity index (χ0n) is 10.8. The predicted molar refractivity (Wildman–Crippen MR) is 69.3 cm³/mol. The normalized spacial score (nSPS) is 15.7. The first kappa shape index (κ1) is 13.4. The molecule has 6 nitrogen and oxygen atoms in total. The van der Waals surface area contributed by atoms with E-state index in [1.807, 2.05) is 13.1 Å². The molecule has 0 aliphatic carbocycles. The molecular formula is C13H16N2O4. The van der Waals surface area contributed by atoms with Crippen molar-refractivity contribution in [2.24, 2.45) is 0 Å². The third kappa shape index (κ3) is 2.53. The van der Waals surface area contributed by atoms with Crippen molar-refractivity contribution in [1.29, 1.82) is 0 Å². The van der Waals surface area contributed by atoms with Crippen LogP contribution in [0.1, 0.15) is 12.5 Å². The number of fused-ring (bicyclic) bond motifs is 1. The zero-order chi connectivity index (χ0) is 14.0. The Morgan fingerprint density at radius 2 is 2.32 bits per heavy atom. The molecule has 6 heteroatoms. The number of carboxylic acids is 1. The van der Waals surface area contributed by atoms with E-state index < -0.39 is 12.0 Å². The van der Waals surface area contributed by atoms with Crippen molar-refractivity contribution in [3.8, 4) is 5.75 Å². The molecule has 0 bridgehead atoms. The predicted octanol–water partition coefficient (Wildman–Crippen LogP) is 0.605. The number of amides is 1. The van der Waals surface area contributed by atoms with Gasteiger partial charge in [-0.15, -0.1) is 0 Å². The van der Waals surface area contributed by atoms with Crippen LogP contribution in [0.3, 0.4) is 0 Å². The highest BCUT2D eigenvalue weighted by Gasteiger charge is 2.33. The number of nitrogens with one attached hydrogen (secondary N) is 1. The van der Waals surface area contributed by atoms with E-state index in [-0.39, 0.29) is 12.5 Å². The fourth-order valence-corrected chi connectivity index (χ4v) is 2.07. The molecule has 0 saturated heterocycles. The minimum Gasteiger partial charge on any atom is -0.482 e. The van der Waals surface area contributed by atoms with Gasteiger partial charge in [-0.05, 0) is 31.7 Å². The number of ether oxygens (including phenoxy) is 1. The molecule has 2 rings (SSSR count). The number of aliphatic carboxylic acids is 1. The number of nitrogens with zero attached hydrogens (tertiary/aromatic N) is 1. The lowest BCUT2D eigenvalue weighted by atomic mass is 10.1. The summed E-state index contributed by atoms with van der Waals surface area (Å²) < 4.78 is 5.32. The average Bonchev–Trinajstić information content (AvgIpc) is 2.38. The molecule has 0 spiro atoms. The molecule has 0 saturated carbocycles. The zero-order valence-corrected chi connectivity index (χ0v) is 10.8. The van der Waals surface area contributed by atoms with E-state index in [9.17, 15) is 9.59 Å². The number of carbonyl (C=O) groups is 2. The Morgan fingerprint density at radius 3 is 2.95 bits per heavy atom. The van der Waals surface area contributed by atoms with Gasteiger partial charge < -0.3 is 15.2 Å². The standard InChI is InChI=1S/C13H16N2O4/c1-8(13(17)18)15-10-5-9(6-14-2)3-4-11(10)19-7-12(15)16/h3-5,8,14H,6-7H2,1-2H3,(H,17,18). The lowest BCUT2D eigenvalue weighted by Gasteiger charge is -2.32. The van der Waals surface area contributed by atoms with E-state index >= 15 is 0 Å². The summed E-state index contributed by atoms with van der Waals surface area (Å²) in [5.74, 6) is -0.850. The average molecular weight is 264 g/mol. The second-order valence-electron chi connectivity index (χ2n) is 4.40. The molecular weight excluding hydrogens is 248 g/mol. The van der Waals surface area contributed by atoms with Gasteiger partial charge in [-0.3, -0.25) is 9.69 Å². The minimum atomic E-state index is -1.04. The van der Waals surface area contributed by atoms with Gasteiger partial charge in [0.15, 0.2) is 6.61 Å². The van der Waals surface area contributed by atoms with Crippen LogP contribution >= 0.6 is 0 Å². The highest BCUT2D eigenvalue weighted by molar-refractivity contribution is 6.02. The molecule has 1 aliphatic rings. The Balaban J connectivity index is 2.43. The monoisotopic (exact) mass is 264 g/mol. The van der Waals surface area contributed by atoms with E-state index in [0.717, 1.165) is 5.56 Å². The highest BCUT2D eigenvalue weighted by atomic mass is 16.5. The van der Waals surface area contributed by atoms with Crippen LogP contribution in [0.5, 0.6) is 5.75 Å². The van der Waals surface area contributed by atoms with Crippen LogP contribution < -0.4 is 15.0 Å². The van der Waals surface area contributed by atoms with E-state index in [1.54, 1.807) is 12.1 Å². The summed E-state index contributed by atoms with van der Waals surface area (Å²) in [5, 5.41) is 12.1.